The molecule has 2 aromatic rings. The van der Waals surface area contributed by atoms with Gasteiger partial charge in [-0.2, -0.15) is 0 Å². The number of amides is 3. The van der Waals surface area contributed by atoms with E-state index in [1.165, 1.54) is 12.5 Å². The number of nitrogens with two attached hydrogens (primary N) is 1. The van der Waals surface area contributed by atoms with E-state index in [0.29, 0.717) is 25.0 Å². The highest BCUT2D eigenvalue weighted by Gasteiger charge is 2.33. The maximum Gasteiger partial charge on any atom is 0.326 e. The largest absolute Gasteiger partial charge is 0.480 e. The summed E-state index contributed by atoms with van der Waals surface area (Å²) in [7, 11) is 0. The molecule has 38 heavy (non-hydrogen) atoms. The molecular weight excluding hydrogens is 488 g/mol. The summed E-state index contributed by atoms with van der Waals surface area (Å²) in [6.07, 6.45) is 4.12. The molecule has 0 bridgehead atoms. The molecule has 11 nitrogen and oxygen atoms in total. The van der Waals surface area contributed by atoms with Crippen molar-refractivity contribution in [3.05, 3.63) is 54.1 Å². The van der Waals surface area contributed by atoms with Crippen LogP contribution in [0, 0.1) is 11.8 Å². The first-order chi connectivity index (χ1) is 18.0. The van der Waals surface area contributed by atoms with Crippen LogP contribution in [0.15, 0.2) is 42.9 Å². The summed E-state index contributed by atoms with van der Waals surface area (Å²) in [5, 5.41) is 17.7. The van der Waals surface area contributed by atoms with Crippen molar-refractivity contribution in [2.24, 2.45) is 17.6 Å². The van der Waals surface area contributed by atoms with Gasteiger partial charge in [0.2, 0.25) is 17.7 Å². The van der Waals surface area contributed by atoms with E-state index in [0.717, 1.165) is 5.56 Å². The molecule has 11 heteroatoms. The number of carboxylic acids is 1. The Morgan fingerprint density at radius 1 is 0.947 bits per heavy atom. The molecular formula is C27H40N6O5. The predicted molar refractivity (Wildman–Crippen MR) is 143 cm³/mol. The van der Waals surface area contributed by atoms with Crippen LogP contribution in [0.25, 0.3) is 0 Å². The molecule has 3 amide bonds. The Bertz CT molecular complexity index is 1040. The number of aliphatic carboxylic acids is 1. The van der Waals surface area contributed by atoms with E-state index in [-0.39, 0.29) is 18.3 Å². The lowest BCUT2D eigenvalue weighted by atomic mass is 9.96. The van der Waals surface area contributed by atoms with E-state index in [1.54, 1.807) is 6.92 Å². The molecule has 0 fully saturated rings. The fourth-order valence-electron chi connectivity index (χ4n) is 3.98. The average molecular weight is 529 g/mol. The van der Waals surface area contributed by atoms with Crippen molar-refractivity contribution in [1.82, 2.24) is 25.9 Å². The van der Waals surface area contributed by atoms with Crippen molar-refractivity contribution in [3.63, 3.8) is 0 Å². The monoisotopic (exact) mass is 528 g/mol. The van der Waals surface area contributed by atoms with Crippen molar-refractivity contribution < 1.29 is 24.3 Å². The molecule has 0 aliphatic carbocycles. The van der Waals surface area contributed by atoms with E-state index in [2.05, 4.69) is 25.9 Å². The number of hydrogen-bond donors (Lipinski definition) is 6. The van der Waals surface area contributed by atoms with Gasteiger partial charge >= 0.3 is 5.97 Å². The summed E-state index contributed by atoms with van der Waals surface area (Å²) in [6, 6.07) is 5.36. The van der Waals surface area contributed by atoms with Gasteiger partial charge in [-0.05, 0) is 30.2 Å². The number of aromatic nitrogens is 2. The lowest BCUT2D eigenvalue weighted by Crippen LogP contribution is -2.59. The van der Waals surface area contributed by atoms with Crippen molar-refractivity contribution in [2.45, 2.75) is 77.5 Å². The maximum absolute atomic E-state index is 13.3. The van der Waals surface area contributed by atoms with Crippen molar-refractivity contribution in [2.75, 3.05) is 0 Å². The highest BCUT2D eigenvalue weighted by atomic mass is 16.4. The summed E-state index contributed by atoms with van der Waals surface area (Å²) in [5.74, 6) is -3.05. The highest BCUT2D eigenvalue weighted by Crippen LogP contribution is 2.12. The van der Waals surface area contributed by atoms with E-state index < -0.39 is 47.9 Å². The Hall–Kier alpha value is -3.73. The molecule has 0 aliphatic rings. The third kappa shape index (κ3) is 9.62. The molecule has 1 aromatic heterocycles. The SMILES string of the molecule is CCC(C)C(NC(=O)C(CC(C)C)NC(=O)C(N)Cc1ccccc1)C(=O)NC(Cc1cnc[nH]1)C(=O)O. The number of aromatic amines is 1. The fourth-order valence-corrected chi connectivity index (χ4v) is 3.98. The molecule has 1 aromatic carbocycles. The van der Waals surface area contributed by atoms with Gasteiger partial charge in [-0.15, -0.1) is 0 Å². The predicted octanol–water partition coefficient (Wildman–Crippen LogP) is 1.15. The number of benzene rings is 1. The minimum absolute atomic E-state index is 0.00752. The zero-order chi connectivity index (χ0) is 28.2. The fraction of sp³-hybridized carbons (Fsp3) is 0.519. The van der Waals surface area contributed by atoms with E-state index in [9.17, 15) is 24.3 Å². The maximum atomic E-state index is 13.3. The van der Waals surface area contributed by atoms with E-state index in [4.69, 9.17) is 5.73 Å². The number of carbonyl (C=O) groups is 4. The minimum Gasteiger partial charge on any atom is -0.480 e. The molecule has 2 rings (SSSR count). The zero-order valence-electron chi connectivity index (χ0n) is 22.4. The van der Waals surface area contributed by atoms with Gasteiger partial charge in [0.25, 0.3) is 0 Å². The Morgan fingerprint density at radius 2 is 1.61 bits per heavy atom. The number of hydrogen-bond acceptors (Lipinski definition) is 6. The number of imidazole rings is 1. The third-order valence-electron chi connectivity index (χ3n) is 6.36. The summed E-state index contributed by atoms with van der Waals surface area (Å²) < 4.78 is 0. The van der Waals surface area contributed by atoms with Crippen LogP contribution in [0.5, 0.6) is 0 Å². The van der Waals surface area contributed by atoms with Crippen molar-refractivity contribution in [1.29, 1.82) is 0 Å². The Morgan fingerprint density at radius 3 is 2.16 bits per heavy atom. The third-order valence-corrected chi connectivity index (χ3v) is 6.36. The van der Waals surface area contributed by atoms with Crippen LogP contribution < -0.4 is 21.7 Å². The van der Waals surface area contributed by atoms with Crippen molar-refractivity contribution >= 4 is 23.7 Å². The van der Waals surface area contributed by atoms with Crippen LogP contribution in [-0.2, 0) is 32.0 Å². The van der Waals surface area contributed by atoms with E-state index >= 15 is 0 Å². The number of H-pyrrole nitrogens is 1. The van der Waals surface area contributed by atoms with Crippen molar-refractivity contribution in [3.8, 4) is 0 Å². The van der Waals surface area contributed by atoms with Gasteiger partial charge in [0, 0.05) is 18.3 Å². The number of carbonyl (C=O) groups excluding carboxylic acids is 3. The summed E-state index contributed by atoms with van der Waals surface area (Å²) in [5.41, 5.74) is 7.56. The highest BCUT2D eigenvalue weighted by molar-refractivity contribution is 5.94. The quantitative estimate of drug-likeness (QED) is 0.201. The molecule has 1 heterocycles. The lowest BCUT2D eigenvalue weighted by molar-refractivity contribution is -0.142. The second-order valence-electron chi connectivity index (χ2n) is 10.0. The molecule has 0 aliphatic heterocycles. The van der Waals surface area contributed by atoms with Crippen LogP contribution in [-0.4, -0.2) is 62.9 Å². The van der Waals surface area contributed by atoms with Crippen LogP contribution in [0.3, 0.4) is 0 Å². The van der Waals surface area contributed by atoms with Gasteiger partial charge in [-0.25, -0.2) is 9.78 Å². The van der Waals surface area contributed by atoms with Crippen LogP contribution in [0.2, 0.25) is 0 Å². The first kappa shape index (κ1) is 30.5. The minimum atomic E-state index is -1.21. The second kappa shape index (κ2) is 14.9. The van der Waals surface area contributed by atoms with Crippen LogP contribution >= 0.6 is 0 Å². The Balaban J connectivity index is 2.12. The number of carboxylic acid groups (broad SMARTS) is 1. The average Bonchev–Trinajstić information content (AvgIpc) is 3.39. The van der Waals surface area contributed by atoms with Crippen LogP contribution in [0.1, 0.15) is 51.8 Å². The molecule has 5 atom stereocenters. The standard InChI is InChI=1S/C27H40N6O5/c1-5-17(4)23(26(36)32-22(27(37)38)13-19-14-29-15-30-19)33-25(35)21(11-16(2)3)31-24(34)20(28)12-18-9-7-6-8-10-18/h6-10,14-17,20-23H,5,11-13,28H2,1-4H3,(H,29,30)(H,31,34)(H,32,36)(H,33,35)(H,37,38). The van der Waals surface area contributed by atoms with E-state index in [1.807, 2.05) is 51.1 Å². The molecule has 5 unspecified atom stereocenters. The number of nitrogens with one attached hydrogen (secondary N) is 4. The summed E-state index contributed by atoms with van der Waals surface area (Å²) >= 11 is 0. The van der Waals surface area contributed by atoms with Gasteiger partial charge in [-0.3, -0.25) is 14.4 Å². The van der Waals surface area contributed by atoms with Gasteiger partial charge in [-0.1, -0.05) is 64.4 Å². The van der Waals surface area contributed by atoms with Gasteiger partial charge < -0.3 is 31.8 Å². The number of rotatable bonds is 15. The molecule has 0 saturated heterocycles. The lowest BCUT2D eigenvalue weighted by Gasteiger charge is -2.28. The Kier molecular flexibility index (Phi) is 11.9. The Labute approximate surface area is 223 Å². The second-order valence-corrected chi connectivity index (χ2v) is 10.0. The molecule has 7 N–H and O–H groups in total. The van der Waals surface area contributed by atoms with Gasteiger partial charge in [0.1, 0.15) is 18.1 Å². The summed E-state index contributed by atoms with van der Waals surface area (Å²) in [6.45, 7) is 7.50. The molecule has 0 spiro atoms. The zero-order valence-corrected chi connectivity index (χ0v) is 22.4. The molecule has 0 saturated carbocycles. The first-order valence-corrected chi connectivity index (χ1v) is 12.9. The molecule has 0 radical (unpaired) electrons. The first-order valence-electron chi connectivity index (χ1n) is 12.9. The van der Waals surface area contributed by atoms with Gasteiger partial charge in [0.15, 0.2) is 0 Å². The van der Waals surface area contributed by atoms with Gasteiger partial charge in [0.05, 0.1) is 12.4 Å². The smallest absolute Gasteiger partial charge is 0.326 e. The normalized spacial score (nSPS) is 15.1. The molecule has 208 valence electrons. The topological polar surface area (TPSA) is 179 Å². The van der Waals surface area contributed by atoms with Crippen LogP contribution in [0.4, 0.5) is 0 Å². The summed E-state index contributed by atoms with van der Waals surface area (Å²) in [4.78, 5) is 57.9. The number of nitrogens with zero attached hydrogens (tertiary/aromatic N) is 1.